The first-order valence-electron chi connectivity index (χ1n) is 8.90. The highest BCUT2D eigenvalue weighted by Gasteiger charge is 2.15. The van der Waals surface area contributed by atoms with Gasteiger partial charge in [-0.15, -0.1) is 0 Å². The number of nitrogens with one attached hydrogen (secondary N) is 1. The third kappa shape index (κ3) is 4.70. The minimum Gasteiger partial charge on any atom is -0.467 e. The number of fused-ring (bicyclic) bond motifs is 1. The Labute approximate surface area is 185 Å². The van der Waals surface area contributed by atoms with Crippen molar-refractivity contribution >= 4 is 57.5 Å². The van der Waals surface area contributed by atoms with Crippen molar-refractivity contribution in [2.75, 3.05) is 11.1 Å². The van der Waals surface area contributed by atoms with E-state index in [1.54, 1.807) is 54.8 Å². The van der Waals surface area contributed by atoms with E-state index in [4.69, 9.17) is 27.6 Å². The van der Waals surface area contributed by atoms with Gasteiger partial charge in [0.05, 0.1) is 29.5 Å². The van der Waals surface area contributed by atoms with Crippen molar-refractivity contribution in [3.8, 4) is 0 Å². The zero-order chi connectivity index (χ0) is 21.1. The standard InChI is InChI=1S/C21H15Cl2N3O3S/c22-13-8-14(23)10-15(9-13)24-19(27)12-30-21-25-18-6-2-1-5-17(18)20(28)26(21)11-16-4-3-7-29-16/h1-10H,11-12H2,(H,24,27). The number of anilines is 1. The predicted molar refractivity (Wildman–Crippen MR) is 120 cm³/mol. The number of thioether (sulfide) groups is 1. The Hall–Kier alpha value is -2.74. The third-order valence-corrected chi connectivity index (χ3v) is 5.61. The zero-order valence-electron chi connectivity index (χ0n) is 15.5. The number of furan rings is 1. The lowest BCUT2D eigenvalue weighted by Gasteiger charge is -2.12. The van der Waals surface area contributed by atoms with Gasteiger partial charge in [0.1, 0.15) is 5.76 Å². The number of nitrogens with zero attached hydrogens (tertiary/aromatic N) is 2. The first kappa shape index (κ1) is 20.5. The summed E-state index contributed by atoms with van der Waals surface area (Å²) in [6, 6.07) is 15.4. The minimum atomic E-state index is -0.273. The van der Waals surface area contributed by atoms with Gasteiger partial charge in [-0.2, -0.15) is 0 Å². The molecule has 2 aromatic heterocycles. The molecule has 2 heterocycles. The molecule has 1 N–H and O–H groups in total. The molecule has 4 rings (SSSR count). The normalized spacial score (nSPS) is 11.0. The summed E-state index contributed by atoms with van der Waals surface area (Å²) in [5, 5.41) is 4.53. The van der Waals surface area contributed by atoms with E-state index < -0.39 is 0 Å². The molecule has 0 unspecified atom stereocenters. The molecule has 9 heteroatoms. The van der Waals surface area contributed by atoms with Gasteiger partial charge in [0.25, 0.3) is 5.56 Å². The summed E-state index contributed by atoms with van der Waals surface area (Å²) in [6.07, 6.45) is 1.55. The van der Waals surface area contributed by atoms with E-state index in [2.05, 4.69) is 10.3 Å². The largest absolute Gasteiger partial charge is 0.467 e. The Morgan fingerprint density at radius 1 is 1.10 bits per heavy atom. The minimum absolute atomic E-state index is 0.0487. The Bertz CT molecular complexity index is 1250. The predicted octanol–water partition coefficient (Wildman–Crippen LogP) is 5.08. The molecule has 1 amide bonds. The van der Waals surface area contributed by atoms with E-state index in [1.165, 1.54) is 16.3 Å². The van der Waals surface area contributed by atoms with Crippen molar-refractivity contribution in [3.63, 3.8) is 0 Å². The fourth-order valence-corrected chi connectivity index (χ4v) is 4.23. The first-order valence-corrected chi connectivity index (χ1v) is 10.6. The lowest BCUT2D eigenvalue weighted by molar-refractivity contribution is -0.113. The van der Waals surface area contributed by atoms with Crippen LogP contribution in [-0.2, 0) is 11.3 Å². The van der Waals surface area contributed by atoms with Gasteiger partial charge in [0, 0.05) is 15.7 Å². The molecule has 0 aliphatic rings. The number of carbonyl (C=O) groups is 1. The Balaban J connectivity index is 1.59. The second-order valence-electron chi connectivity index (χ2n) is 6.38. The topological polar surface area (TPSA) is 77.1 Å². The maximum absolute atomic E-state index is 13.0. The number of carbonyl (C=O) groups excluding carboxylic acids is 1. The highest BCUT2D eigenvalue weighted by atomic mass is 35.5. The SMILES string of the molecule is O=C(CSc1nc2ccccc2c(=O)n1Cc1ccco1)Nc1cc(Cl)cc(Cl)c1. The molecule has 0 fully saturated rings. The van der Waals surface area contributed by atoms with Gasteiger partial charge in [-0.1, -0.05) is 47.1 Å². The maximum Gasteiger partial charge on any atom is 0.262 e. The number of halogens is 2. The Kier molecular flexibility index (Phi) is 6.13. The summed E-state index contributed by atoms with van der Waals surface area (Å²) in [6.45, 7) is 0.220. The van der Waals surface area contributed by atoms with Gasteiger partial charge < -0.3 is 9.73 Å². The van der Waals surface area contributed by atoms with Crippen molar-refractivity contribution in [2.45, 2.75) is 11.7 Å². The van der Waals surface area contributed by atoms with Crippen molar-refractivity contribution < 1.29 is 9.21 Å². The molecule has 0 atom stereocenters. The van der Waals surface area contributed by atoms with E-state index in [0.717, 1.165) is 0 Å². The summed E-state index contributed by atoms with van der Waals surface area (Å²) >= 11 is 13.1. The fourth-order valence-electron chi connectivity index (χ4n) is 2.91. The molecule has 0 bridgehead atoms. The molecule has 152 valence electrons. The van der Waals surface area contributed by atoms with Crippen LogP contribution >= 0.6 is 35.0 Å². The smallest absolute Gasteiger partial charge is 0.262 e. The van der Waals surface area contributed by atoms with Crippen molar-refractivity contribution in [1.29, 1.82) is 0 Å². The van der Waals surface area contributed by atoms with Gasteiger partial charge >= 0.3 is 0 Å². The molecule has 0 saturated heterocycles. The molecular weight excluding hydrogens is 445 g/mol. The van der Waals surface area contributed by atoms with Crippen LogP contribution in [0.5, 0.6) is 0 Å². The van der Waals surface area contributed by atoms with Crippen LogP contribution < -0.4 is 10.9 Å². The van der Waals surface area contributed by atoms with E-state index >= 15 is 0 Å². The van der Waals surface area contributed by atoms with E-state index in [0.29, 0.717) is 37.6 Å². The van der Waals surface area contributed by atoms with Gasteiger partial charge in [-0.05, 0) is 42.5 Å². The number of hydrogen-bond donors (Lipinski definition) is 1. The highest BCUT2D eigenvalue weighted by molar-refractivity contribution is 7.99. The molecule has 4 aromatic rings. The average Bonchev–Trinajstić information content (AvgIpc) is 3.21. The van der Waals surface area contributed by atoms with Crippen LogP contribution in [0.4, 0.5) is 5.69 Å². The summed E-state index contributed by atoms with van der Waals surface area (Å²) in [4.78, 5) is 30.0. The summed E-state index contributed by atoms with van der Waals surface area (Å²) in [7, 11) is 0. The van der Waals surface area contributed by atoms with Crippen LogP contribution in [0.1, 0.15) is 5.76 Å². The van der Waals surface area contributed by atoms with E-state index in [-0.39, 0.29) is 23.8 Å². The molecule has 0 aliphatic heterocycles. The summed E-state index contributed by atoms with van der Waals surface area (Å²) in [5.41, 5.74) is 0.877. The van der Waals surface area contributed by atoms with Crippen LogP contribution in [0, 0.1) is 0 Å². The molecule has 30 heavy (non-hydrogen) atoms. The first-order chi connectivity index (χ1) is 14.5. The number of rotatable bonds is 6. The van der Waals surface area contributed by atoms with Gasteiger partial charge in [0.15, 0.2) is 5.16 Å². The number of benzene rings is 2. The van der Waals surface area contributed by atoms with Crippen LogP contribution in [0.15, 0.2) is 75.2 Å². The summed E-state index contributed by atoms with van der Waals surface area (Å²) in [5.74, 6) is 0.395. The number of aromatic nitrogens is 2. The van der Waals surface area contributed by atoms with Crippen molar-refractivity contribution in [3.05, 3.63) is 87.0 Å². The van der Waals surface area contributed by atoms with Gasteiger partial charge in [-0.3, -0.25) is 14.2 Å². The van der Waals surface area contributed by atoms with E-state index in [9.17, 15) is 9.59 Å². The zero-order valence-corrected chi connectivity index (χ0v) is 17.8. The second kappa shape index (κ2) is 8.95. The lowest BCUT2D eigenvalue weighted by Crippen LogP contribution is -2.24. The van der Waals surface area contributed by atoms with Crippen molar-refractivity contribution in [1.82, 2.24) is 9.55 Å². The monoisotopic (exact) mass is 459 g/mol. The Morgan fingerprint density at radius 3 is 2.60 bits per heavy atom. The third-order valence-electron chi connectivity index (χ3n) is 4.20. The molecular formula is C21H15Cl2N3O3S. The van der Waals surface area contributed by atoms with Crippen molar-refractivity contribution in [2.24, 2.45) is 0 Å². The van der Waals surface area contributed by atoms with Crippen LogP contribution in [-0.4, -0.2) is 21.2 Å². The maximum atomic E-state index is 13.0. The molecule has 0 radical (unpaired) electrons. The number of hydrogen-bond acceptors (Lipinski definition) is 5. The molecule has 0 spiro atoms. The average molecular weight is 460 g/mol. The van der Waals surface area contributed by atoms with Crippen LogP contribution in [0.2, 0.25) is 10.0 Å². The second-order valence-corrected chi connectivity index (χ2v) is 8.19. The Morgan fingerprint density at radius 2 is 1.87 bits per heavy atom. The highest BCUT2D eigenvalue weighted by Crippen LogP contribution is 2.23. The van der Waals surface area contributed by atoms with E-state index in [1.807, 2.05) is 6.07 Å². The van der Waals surface area contributed by atoms with Gasteiger partial charge in [-0.25, -0.2) is 4.98 Å². The molecule has 2 aromatic carbocycles. The quantitative estimate of drug-likeness (QED) is 0.321. The molecule has 0 saturated carbocycles. The fraction of sp³-hybridized carbons (Fsp3) is 0.0952. The van der Waals surface area contributed by atoms with Crippen LogP contribution in [0.3, 0.4) is 0 Å². The molecule has 6 nitrogen and oxygen atoms in total. The number of amides is 1. The van der Waals surface area contributed by atoms with Gasteiger partial charge in [0.2, 0.25) is 5.91 Å². The lowest BCUT2D eigenvalue weighted by atomic mass is 10.2. The van der Waals surface area contributed by atoms with Crippen LogP contribution in [0.25, 0.3) is 10.9 Å². The molecule has 0 aliphatic carbocycles. The summed E-state index contributed by atoms with van der Waals surface area (Å²) < 4.78 is 6.89. The number of para-hydroxylation sites is 1.